The van der Waals surface area contributed by atoms with Gasteiger partial charge in [-0.05, 0) is 37.5 Å². The van der Waals surface area contributed by atoms with Crippen molar-refractivity contribution >= 4 is 22.6 Å². The molecule has 120 valence electrons. The molecule has 1 aromatic carbocycles. The standard InChI is InChI=1S/C18H15N3O3/c1-10-6-16(22)24-15-7-13(4-5-14(10)15)21-18(23)12-8-19-17(20-9-12)11-2-3-11/h4-9,11H,2-3H2,1H3,(H,21,23). The van der Waals surface area contributed by atoms with E-state index < -0.39 is 5.63 Å². The number of hydrogen-bond donors (Lipinski definition) is 1. The average molecular weight is 321 g/mol. The van der Waals surface area contributed by atoms with Crippen LogP contribution in [0.15, 0.2) is 45.9 Å². The van der Waals surface area contributed by atoms with Crippen molar-refractivity contribution in [2.24, 2.45) is 0 Å². The number of hydrogen-bond acceptors (Lipinski definition) is 5. The Morgan fingerprint density at radius 2 is 1.96 bits per heavy atom. The van der Waals surface area contributed by atoms with Gasteiger partial charge in [0.1, 0.15) is 11.4 Å². The Morgan fingerprint density at radius 1 is 1.21 bits per heavy atom. The van der Waals surface area contributed by atoms with Crippen LogP contribution >= 0.6 is 0 Å². The normalized spacial score (nSPS) is 13.9. The summed E-state index contributed by atoms with van der Waals surface area (Å²) in [5.74, 6) is 0.954. The fraction of sp³-hybridized carbons (Fsp3) is 0.222. The van der Waals surface area contributed by atoms with E-state index in [0.29, 0.717) is 22.8 Å². The summed E-state index contributed by atoms with van der Waals surface area (Å²) in [4.78, 5) is 32.3. The summed E-state index contributed by atoms with van der Waals surface area (Å²) in [6, 6.07) is 6.67. The van der Waals surface area contributed by atoms with Crippen LogP contribution in [0.5, 0.6) is 0 Å². The molecule has 24 heavy (non-hydrogen) atoms. The van der Waals surface area contributed by atoms with Gasteiger partial charge in [0.05, 0.1) is 5.56 Å². The Balaban J connectivity index is 1.58. The van der Waals surface area contributed by atoms with E-state index in [1.54, 1.807) is 24.5 Å². The van der Waals surface area contributed by atoms with Crippen molar-refractivity contribution in [3.8, 4) is 0 Å². The van der Waals surface area contributed by atoms with Gasteiger partial charge in [0, 0.05) is 41.5 Å². The molecule has 0 bridgehead atoms. The first kappa shape index (κ1) is 14.6. The molecule has 4 rings (SSSR count). The van der Waals surface area contributed by atoms with Crippen LogP contribution in [0.2, 0.25) is 0 Å². The van der Waals surface area contributed by atoms with Gasteiger partial charge >= 0.3 is 5.63 Å². The molecule has 0 radical (unpaired) electrons. The summed E-state index contributed by atoms with van der Waals surface area (Å²) in [6.45, 7) is 1.84. The second-order valence-electron chi connectivity index (χ2n) is 6.02. The quantitative estimate of drug-likeness (QED) is 0.750. The topological polar surface area (TPSA) is 85.1 Å². The zero-order valence-corrected chi connectivity index (χ0v) is 13.1. The highest BCUT2D eigenvalue weighted by Gasteiger charge is 2.26. The Labute approximate surface area is 137 Å². The summed E-state index contributed by atoms with van der Waals surface area (Å²) in [5, 5.41) is 3.61. The van der Waals surface area contributed by atoms with Crippen LogP contribution in [0.3, 0.4) is 0 Å². The first-order valence-corrected chi connectivity index (χ1v) is 7.78. The molecule has 0 aliphatic heterocycles. The maximum absolute atomic E-state index is 12.3. The molecule has 3 aromatic rings. The number of rotatable bonds is 3. The summed E-state index contributed by atoms with van der Waals surface area (Å²) < 4.78 is 5.19. The van der Waals surface area contributed by atoms with Crippen molar-refractivity contribution in [3.63, 3.8) is 0 Å². The second-order valence-corrected chi connectivity index (χ2v) is 6.02. The first-order valence-electron chi connectivity index (χ1n) is 7.78. The van der Waals surface area contributed by atoms with E-state index in [4.69, 9.17) is 4.42 Å². The molecule has 6 nitrogen and oxygen atoms in total. The molecule has 0 unspecified atom stereocenters. The molecule has 1 amide bonds. The first-order chi connectivity index (χ1) is 11.6. The third-order valence-corrected chi connectivity index (χ3v) is 4.09. The van der Waals surface area contributed by atoms with Crippen LogP contribution in [-0.2, 0) is 0 Å². The summed E-state index contributed by atoms with van der Waals surface area (Å²) in [6.07, 6.45) is 5.32. The van der Waals surface area contributed by atoms with Gasteiger partial charge in [-0.3, -0.25) is 4.79 Å². The molecular formula is C18H15N3O3. The number of carbonyl (C=O) groups excluding carboxylic acids is 1. The maximum atomic E-state index is 12.3. The Bertz CT molecular complexity index is 989. The van der Waals surface area contributed by atoms with Gasteiger partial charge in [-0.2, -0.15) is 0 Å². The lowest BCUT2D eigenvalue weighted by molar-refractivity contribution is 0.102. The fourth-order valence-electron chi connectivity index (χ4n) is 2.61. The molecule has 0 atom stereocenters. The van der Waals surface area contributed by atoms with Crippen molar-refractivity contribution in [2.75, 3.05) is 5.32 Å². The molecule has 1 aliphatic carbocycles. The van der Waals surface area contributed by atoms with Gasteiger partial charge in [-0.15, -0.1) is 0 Å². The van der Waals surface area contributed by atoms with Gasteiger partial charge in [-0.1, -0.05) is 0 Å². The summed E-state index contributed by atoms with van der Waals surface area (Å²) in [7, 11) is 0. The van der Waals surface area contributed by atoms with Crippen molar-refractivity contribution in [3.05, 3.63) is 64.0 Å². The van der Waals surface area contributed by atoms with E-state index in [1.165, 1.54) is 6.07 Å². The van der Waals surface area contributed by atoms with Crippen molar-refractivity contribution in [1.29, 1.82) is 0 Å². The number of fused-ring (bicyclic) bond motifs is 1. The lowest BCUT2D eigenvalue weighted by Crippen LogP contribution is -2.13. The monoisotopic (exact) mass is 321 g/mol. The maximum Gasteiger partial charge on any atom is 0.336 e. The lowest BCUT2D eigenvalue weighted by atomic mass is 10.1. The van der Waals surface area contributed by atoms with Crippen molar-refractivity contribution < 1.29 is 9.21 Å². The number of nitrogens with one attached hydrogen (secondary N) is 1. The number of benzene rings is 1. The molecule has 2 aromatic heterocycles. The highest BCUT2D eigenvalue weighted by Crippen LogP contribution is 2.37. The van der Waals surface area contributed by atoms with Gasteiger partial charge in [0.2, 0.25) is 0 Å². The van der Waals surface area contributed by atoms with Crippen LogP contribution in [0.25, 0.3) is 11.0 Å². The van der Waals surface area contributed by atoms with E-state index >= 15 is 0 Å². The summed E-state index contributed by atoms with van der Waals surface area (Å²) >= 11 is 0. The molecule has 2 heterocycles. The second kappa shape index (κ2) is 5.56. The minimum atomic E-state index is -0.410. The molecule has 1 N–H and O–H groups in total. The number of carbonyl (C=O) groups is 1. The molecule has 1 saturated carbocycles. The fourth-order valence-corrected chi connectivity index (χ4v) is 2.61. The third kappa shape index (κ3) is 2.78. The SMILES string of the molecule is Cc1cc(=O)oc2cc(NC(=O)c3cnc(C4CC4)nc3)ccc12. The molecule has 1 aliphatic rings. The Morgan fingerprint density at radius 3 is 2.67 bits per heavy atom. The third-order valence-electron chi connectivity index (χ3n) is 4.09. The zero-order valence-electron chi connectivity index (χ0n) is 13.1. The van der Waals surface area contributed by atoms with Crippen molar-refractivity contribution in [1.82, 2.24) is 9.97 Å². The van der Waals surface area contributed by atoms with E-state index in [1.807, 2.05) is 13.0 Å². The summed E-state index contributed by atoms with van der Waals surface area (Å²) in [5.41, 5.74) is 1.81. The van der Waals surface area contributed by atoms with Crippen LogP contribution in [-0.4, -0.2) is 15.9 Å². The molecule has 0 saturated heterocycles. The zero-order chi connectivity index (χ0) is 16.7. The van der Waals surface area contributed by atoms with Crippen molar-refractivity contribution in [2.45, 2.75) is 25.7 Å². The van der Waals surface area contributed by atoms with Crippen LogP contribution in [0.1, 0.15) is 40.5 Å². The van der Waals surface area contributed by atoms with Crippen LogP contribution in [0, 0.1) is 6.92 Å². The highest BCUT2D eigenvalue weighted by molar-refractivity contribution is 6.04. The van der Waals surface area contributed by atoms with E-state index in [9.17, 15) is 9.59 Å². The van der Waals surface area contributed by atoms with E-state index in [-0.39, 0.29) is 5.91 Å². The van der Waals surface area contributed by atoms with Gasteiger partial charge in [0.25, 0.3) is 5.91 Å². The highest BCUT2D eigenvalue weighted by atomic mass is 16.4. The molecule has 0 spiro atoms. The van der Waals surface area contributed by atoms with Gasteiger partial charge in [0.15, 0.2) is 0 Å². The van der Waals surface area contributed by atoms with Crippen LogP contribution < -0.4 is 10.9 Å². The molecule has 1 fully saturated rings. The smallest absolute Gasteiger partial charge is 0.336 e. The number of aromatic nitrogens is 2. The van der Waals surface area contributed by atoms with E-state index in [2.05, 4.69) is 15.3 Å². The van der Waals surface area contributed by atoms with E-state index in [0.717, 1.165) is 29.6 Å². The number of nitrogens with zero attached hydrogens (tertiary/aromatic N) is 2. The largest absolute Gasteiger partial charge is 0.423 e. The Kier molecular flexibility index (Phi) is 3.37. The Hall–Kier alpha value is -3.02. The number of amides is 1. The predicted molar refractivity (Wildman–Crippen MR) is 89.2 cm³/mol. The number of aryl methyl sites for hydroxylation is 1. The predicted octanol–water partition coefficient (Wildman–Crippen LogP) is 3.02. The van der Waals surface area contributed by atoms with Gasteiger partial charge < -0.3 is 9.73 Å². The minimum absolute atomic E-state index is 0.299. The van der Waals surface area contributed by atoms with Crippen LogP contribution in [0.4, 0.5) is 5.69 Å². The van der Waals surface area contributed by atoms with Gasteiger partial charge in [-0.25, -0.2) is 14.8 Å². The number of anilines is 1. The lowest BCUT2D eigenvalue weighted by Gasteiger charge is -2.07. The minimum Gasteiger partial charge on any atom is -0.423 e. The average Bonchev–Trinajstić information content (AvgIpc) is 3.39. The molecule has 6 heteroatoms. The molecular weight excluding hydrogens is 306 g/mol.